The Morgan fingerprint density at radius 1 is 1.65 bits per heavy atom. The van der Waals surface area contributed by atoms with Gasteiger partial charge in [0.05, 0.1) is 0 Å². The Bertz CT molecular complexity index is 354. The number of hydrogen-bond acceptors (Lipinski definition) is 4. The van der Waals surface area contributed by atoms with Crippen LogP contribution in [0.3, 0.4) is 0 Å². The van der Waals surface area contributed by atoms with E-state index in [1.54, 1.807) is 6.20 Å². The Labute approximate surface area is 111 Å². The smallest absolute Gasteiger partial charge is 0.321 e. The molecule has 4 nitrogen and oxygen atoms in total. The molecule has 0 unspecified atom stereocenters. The first kappa shape index (κ1) is 14.3. The molecule has 96 valence electrons. The van der Waals surface area contributed by atoms with Crippen molar-refractivity contribution in [2.75, 3.05) is 16.8 Å². The van der Waals surface area contributed by atoms with Crippen molar-refractivity contribution in [3.8, 4) is 0 Å². The van der Waals surface area contributed by atoms with Crippen LogP contribution in [0.15, 0.2) is 6.20 Å². The molecule has 2 N–H and O–H groups in total. The van der Waals surface area contributed by atoms with Crippen LogP contribution in [-0.4, -0.2) is 28.6 Å². The quantitative estimate of drug-likeness (QED) is 0.783. The molecule has 0 saturated carbocycles. The molecule has 0 spiro atoms. The minimum absolute atomic E-state index is 0.173. The van der Waals surface area contributed by atoms with Crippen molar-refractivity contribution in [2.24, 2.45) is 0 Å². The van der Waals surface area contributed by atoms with Gasteiger partial charge in [-0.2, -0.15) is 11.8 Å². The van der Waals surface area contributed by atoms with Gasteiger partial charge < -0.3 is 5.32 Å². The molecular weight excluding hydrogens is 254 g/mol. The zero-order chi connectivity index (χ0) is 12.7. The number of thiazole rings is 1. The van der Waals surface area contributed by atoms with Crippen molar-refractivity contribution in [1.29, 1.82) is 0 Å². The van der Waals surface area contributed by atoms with E-state index in [0.29, 0.717) is 5.13 Å². The average Bonchev–Trinajstić information content (AvgIpc) is 2.64. The van der Waals surface area contributed by atoms with E-state index in [1.165, 1.54) is 11.3 Å². The minimum Gasteiger partial charge on any atom is -0.335 e. The number of hydrogen-bond donors (Lipinski definition) is 2. The standard InChI is InChI=1S/C11H19N3OS2/c1-4-16-6-5-8(2)13-10(15)14-11-12-7-9(3)17-11/h7-8H,4-6H2,1-3H3,(H2,12,13,14,15)/t8-/m1/s1. The third kappa shape index (κ3) is 5.93. The second-order valence-corrected chi connectivity index (χ2v) is 6.39. The lowest BCUT2D eigenvalue weighted by Gasteiger charge is -2.13. The number of carbonyl (C=O) groups is 1. The topological polar surface area (TPSA) is 54.0 Å². The fourth-order valence-electron chi connectivity index (χ4n) is 1.25. The van der Waals surface area contributed by atoms with Crippen molar-refractivity contribution < 1.29 is 4.79 Å². The first-order valence-electron chi connectivity index (χ1n) is 5.69. The molecule has 1 atom stereocenters. The van der Waals surface area contributed by atoms with Gasteiger partial charge in [-0.3, -0.25) is 5.32 Å². The third-order valence-corrected chi connectivity index (χ3v) is 3.88. The van der Waals surface area contributed by atoms with Crippen LogP contribution < -0.4 is 10.6 Å². The van der Waals surface area contributed by atoms with Crippen LogP contribution in [0, 0.1) is 6.92 Å². The maximum atomic E-state index is 11.6. The molecule has 1 heterocycles. The molecule has 2 amide bonds. The summed E-state index contributed by atoms with van der Waals surface area (Å²) in [4.78, 5) is 16.8. The van der Waals surface area contributed by atoms with E-state index in [-0.39, 0.29) is 12.1 Å². The van der Waals surface area contributed by atoms with Crippen molar-refractivity contribution >= 4 is 34.3 Å². The molecular formula is C11H19N3OS2. The van der Waals surface area contributed by atoms with Crippen LogP contribution in [0.4, 0.5) is 9.93 Å². The first-order valence-corrected chi connectivity index (χ1v) is 7.66. The number of aryl methyl sites for hydroxylation is 1. The van der Waals surface area contributed by atoms with Crippen molar-refractivity contribution in [3.05, 3.63) is 11.1 Å². The molecule has 0 radical (unpaired) electrons. The summed E-state index contributed by atoms with van der Waals surface area (Å²) in [5.74, 6) is 2.20. The highest BCUT2D eigenvalue weighted by Crippen LogP contribution is 2.16. The van der Waals surface area contributed by atoms with Gasteiger partial charge >= 0.3 is 6.03 Å². The first-order chi connectivity index (χ1) is 8.11. The van der Waals surface area contributed by atoms with Gasteiger partial charge in [0.2, 0.25) is 0 Å². The highest BCUT2D eigenvalue weighted by Gasteiger charge is 2.08. The predicted octanol–water partition coefficient (Wildman–Crippen LogP) is 3.10. The van der Waals surface area contributed by atoms with Gasteiger partial charge in [0, 0.05) is 17.1 Å². The maximum Gasteiger partial charge on any atom is 0.321 e. The highest BCUT2D eigenvalue weighted by molar-refractivity contribution is 7.99. The molecule has 1 aromatic heterocycles. The fourth-order valence-corrected chi connectivity index (χ4v) is 2.71. The zero-order valence-electron chi connectivity index (χ0n) is 10.4. The second kappa shape index (κ2) is 7.55. The fraction of sp³-hybridized carbons (Fsp3) is 0.636. The lowest BCUT2D eigenvalue weighted by Crippen LogP contribution is -2.36. The largest absolute Gasteiger partial charge is 0.335 e. The molecule has 6 heteroatoms. The van der Waals surface area contributed by atoms with Gasteiger partial charge in [0.1, 0.15) is 0 Å². The summed E-state index contributed by atoms with van der Waals surface area (Å²) in [6, 6.07) is 0.0171. The number of thioether (sulfide) groups is 1. The summed E-state index contributed by atoms with van der Waals surface area (Å²) >= 11 is 3.37. The highest BCUT2D eigenvalue weighted by atomic mass is 32.2. The molecule has 1 rings (SSSR count). The third-order valence-electron chi connectivity index (χ3n) is 2.12. The van der Waals surface area contributed by atoms with E-state index in [0.717, 1.165) is 22.8 Å². The molecule has 0 saturated heterocycles. The summed E-state index contributed by atoms with van der Waals surface area (Å²) in [7, 11) is 0. The zero-order valence-corrected chi connectivity index (χ0v) is 12.1. The van der Waals surface area contributed by atoms with Crippen molar-refractivity contribution in [1.82, 2.24) is 10.3 Å². The summed E-state index contributed by atoms with van der Waals surface area (Å²) in [5, 5.41) is 6.28. The van der Waals surface area contributed by atoms with Crippen LogP contribution in [0.2, 0.25) is 0 Å². The second-order valence-electron chi connectivity index (χ2n) is 3.76. The monoisotopic (exact) mass is 273 g/mol. The lowest BCUT2D eigenvalue weighted by atomic mass is 10.3. The minimum atomic E-state index is -0.173. The van der Waals surface area contributed by atoms with E-state index < -0.39 is 0 Å². The summed E-state index contributed by atoms with van der Waals surface area (Å²) in [5.41, 5.74) is 0. The Morgan fingerprint density at radius 3 is 3.00 bits per heavy atom. The number of carbonyl (C=O) groups excluding carboxylic acids is 1. The van der Waals surface area contributed by atoms with Crippen molar-refractivity contribution in [2.45, 2.75) is 33.2 Å². The number of urea groups is 1. The number of aromatic nitrogens is 1. The molecule has 17 heavy (non-hydrogen) atoms. The SMILES string of the molecule is CCSCC[C@@H](C)NC(=O)Nc1ncc(C)s1. The molecule has 0 fully saturated rings. The van der Waals surface area contributed by atoms with Crippen LogP contribution in [0.25, 0.3) is 0 Å². The number of nitrogens with zero attached hydrogens (tertiary/aromatic N) is 1. The van der Waals surface area contributed by atoms with E-state index in [1.807, 2.05) is 25.6 Å². The molecule has 0 aliphatic rings. The van der Waals surface area contributed by atoms with Gasteiger partial charge in [0.25, 0.3) is 0 Å². The van der Waals surface area contributed by atoms with Crippen LogP contribution >= 0.6 is 23.1 Å². The number of nitrogens with one attached hydrogen (secondary N) is 2. The lowest BCUT2D eigenvalue weighted by molar-refractivity contribution is 0.249. The Hall–Kier alpha value is -0.750. The van der Waals surface area contributed by atoms with Crippen LogP contribution in [-0.2, 0) is 0 Å². The Balaban J connectivity index is 2.24. The average molecular weight is 273 g/mol. The van der Waals surface area contributed by atoms with E-state index in [4.69, 9.17) is 0 Å². The van der Waals surface area contributed by atoms with Crippen LogP contribution in [0.5, 0.6) is 0 Å². The Kier molecular flexibility index (Phi) is 6.36. The molecule has 1 aromatic rings. The maximum absolute atomic E-state index is 11.6. The van der Waals surface area contributed by atoms with E-state index >= 15 is 0 Å². The molecule has 0 aliphatic heterocycles. The summed E-state index contributed by atoms with van der Waals surface area (Å²) in [6.45, 7) is 6.12. The Morgan fingerprint density at radius 2 is 2.41 bits per heavy atom. The van der Waals surface area contributed by atoms with Gasteiger partial charge in [-0.1, -0.05) is 6.92 Å². The van der Waals surface area contributed by atoms with E-state index in [9.17, 15) is 4.79 Å². The number of rotatable bonds is 6. The number of amides is 2. The van der Waals surface area contributed by atoms with Crippen molar-refractivity contribution in [3.63, 3.8) is 0 Å². The molecule has 0 aromatic carbocycles. The predicted molar refractivity (Wildman–Crippen MR) is 76.1 cm³/mol. The van der Waals surface area contributed by atoms with Gasteiger partial charge in [0.15, 0.2) is 5.13 Å². The number of anilines is 1. The van der Waals surface area contributed by atoms with Gasteiger partial charge in [-0.15, -0.1) is 11.3 Å². The van der Waals surface area contributed by atoms with Crippen LogP contribution in [0.1, 0.15) is 25.1 Å². The normalized spacial score (nSPS) is 12.2. The summed E-state index contributed by atoms with van der Waals surface area (Å²) in [6.07, 6.45) is 2.74. The van der Waals surface area contributed by atoms with Gasteiger partial charge in [-0.05, 0) is 31.8 Å². The van der Waals surface area contributed by atoms with Gasteiger partial charge in [-0.25, -0.2) is 9.78 Å². The molecule has 0 aliphatic carbocycles. The summed E-state index contributed by atoms with van der Waals surface area (Å²) < 4.78 is 0. The van der Waals surface area contributed by atoms with E-state index in [2.05, 4.69) is 22.5 Å². The molecule has 0 bridgehead atoms.